The van der Waals surface area contributed by atoms with E-state index in [2.05, 4.69) is 105 Å². The molecule has 2 fully saturated rings. The molecule has 0 atom stereocenters. The number of fused-ring (bicyclic) bond motifs is 5. The van der Waals surface area contributed by atoms with E-state index in [-0.39, 0.29) is 40.7 Å². The van der Waals surface area contributed by atoms with E-state index in [9.17, 15) is 41.8 Å². The van der Waals surface area contributed by atoms with Gasteiger partial charge in [-0.2, -0.15) is 0 Å². The van der Waals surface area contributed by atoms with E-state index < -0.39 is 11.2 Å². The summed E-state index contributed by atoms with van der Waals surface area (Å²) in [7, 11) is 9.74. The van der Waals surface area contributed by atoms with Gasteiger partial charge in [0.15, 0.2) is 39.1 Å². The number of anilines is 5. The Morgan fingerprint density at radius 2 is 0.638 bits per heavy atom. The number of aromatic nitrogens is 10. The molecule has 2 aliphatic rings. The average molecular weight is 1990 g/mol. The highest BCUT2D eigenvalue weighted by molar-refractivity contribution is 9.10. The van der Waals surface area contributed by atoms with Gasteiger partial charge in [0.25, 0.3) is 0 Å². The number of hydrogen-bond donors (Lipinski definition) is 2. The molecule has 2 aliphatic heterocycles. The molecule has 7 heterocycles. The first kappa shape index (κ1) is 96.0. The molecule has 0 bridgehead atoms. The number of benzene rings is 14. The normalized spacial score (nSPS) is 12.5. The first-order valence-electron chi connectivity index (χ1n) is 43.4. The molecule has 26 nitrogen and oxygen atoms in total. The van der Waals surface area contributed by atoms with Gasteiger partial charge in [0, 0.05) is 82.5 Å². The molecular formula is C105H90Br2F5N15O11. The summed E-state index contributed by atoms with van der Waals surface area (Å²) in [6.07, 6.45) is 0. The minimum absolute atomic E-state index is 0.0136. The van der Waals surface area contributed by atoms with Crippen LogP contribution in [0.2, 0.25) is 0 Å². The highest BCUT2D eigenvalue weighted by Gasteiger charge is 2.38. The Hall–Kier alpha value is -15.1. The van der Waals surface area contributed by atoms with Crippen molar-refractivity contribution >= 4 is 127 Å². The third-order valence-electron chi connectivity index (χ3n) is 23.0. The molecule has 0 saturated carbocycles. The summed E-state index contributed by atoms with van der Waals surface area (Å²) < 4.78 is 102. The molecule has 700 valence electrons. The Bertz CT molecular complexity index is 7490. The van der Waals surface area contributed by atoms with E-state index >= 15 is 0 Å². The fourth-order valence-corrected chi connectivity index (χ4v) is 16.3. The van der Waals surface area contributed by atoms with E-state index in [1.165, 1.54) is 60.7 Å². The predicted octanol–water partition coefficient (Wildman–Crippen LogP) is 22.4. The second kappa shape index (κ2) is 42.8. The zero-order valence-electron chi connectivity index (χ0n) is 75.8. The summed E-state index contributed by atoms with van der Waals surface area (Å²) in [6.45, 7) is 9.34. The maximum Gasteiger partial charge on any atom is 0.184 e. The lowest BCUT2D eigenvalue weighted by Crippen LogP contribution is -2.46. The van der Waals surface area contributed by atoms with Crippen LogP contribution in [0, 0.1) is 29.1 Å². The minimum Gasteiger partial charge on any atom is -0.386 e. The maximum atomic E-state index is 13.2. The molecule has 14 aromatic carbocycles. The minimum atomic E-state index is -0.933. The molecule has 2 saturated heterocycles. The van der Waals surface area contributed by atoms with Gasteiger partial charge in [-0.1, -0.05) is 159 Å². The molecule has 0 amide bonds. The van der Waals surface area contributed by atoms with Gasteiger partial charge >= 0.3 is 0 Å². The average Bonchev–Trinajstić information content (AvgIpc) is 0.996. The summed E-state index contributed by atoms with van der Waals surface area (Å²) >= 11 is 6.96. The number of carbonyl (C=O) groups excluding carboxylic acids is 2. The summed E-state index contributed by atoms with van der Waals surface area (Å²) in [5.74, 6) is -1.03. The van der Waals surface area contributed by atoms with Crippen LogP contribution in [0.15, 0.2) is 311 Å². The molecule has 33 heteroatoms. The Morgan fingerprint density at radius 1 is 0.348 bits per heavy atom. The number of ether oxygens (including phenoxy) is 2. The van der Waals surface area contributed by atoms with Crippen LogP contribution in [-0.2, 0) is 58.2 Å². The van der Waals surface area contributed by atoms with Crippen LogP contribution < -0.4 is 24.5 Å². The van der Waals surface area contributed by atoms with E-state index in [0.717, 1.165) is 121 Å². The molecule has 2 N–H and O–H groups in total. The van der Waals surface area contributed by atoms with Crippen molar-refractivity contribution in [1.82, 2.24) is 51.6 Å². The van der Waals surface area contributed by atoms with Crippen molar-refractivity contribution in [3.8, 4) is 44.5 Å². The fraction of sp³-hybridized carbons (Fsp3) is 0.181. The summed E-state index contributed by atoms with van der Waals surface area (Å²) in [5, 5.41) is 61.0. The highest BCUT2D eigenvalue weighted by atomic mass is 79.9. The second-order valence-electron chi connectivity index (χ2n) is 33.9. The van der Waals surface area contributed by atoms with Crippen molar-refractivity contribution in [2.24, 2.45) is 0 Å². The van der Waals surface area contributed by atoms with E-state index in [0.29, 0.717) is 120 Å². The Labute approximate surface area is 804 Å². The zero-order chi connectivity index (χ0) is 96.9. The smallest absolute Gasteiger partial charge is 0.184 e. The zero-order valence-corrected chi connectivity index (χ0v) is 79.0. The van der Waals surface area contributed by atoms with Gasteiger partial charge in [0.05, 0.1) is 47.3 Å². The number of aliphatic hydroxyl groups is 2. The monoisotopic (exact) mass is 1990 g/mol. The van der Waals surface area contributed by atoms with Gasteiger partial charge in [-0.3, -0.25) is 9.59 Å². The topological polar surface area (TPSA) is 304 Å². The van der Waals surface area contributed by atoms with E-state index in [4.69, 9.17) is 27.9 Å². The molecule has 5 aromatic heterocycles. The fourth-order valence-electron chi connectivity index (χ4n) is 15.5. The standard InChI is InChI=1S/C23H20FN3O3.C23H22FN3O2.C22H18FN3O2.C20H15BrFN3O.C14H11BrFN3O.C3H4O2/c1-27(12-15-5-7-19(24)8-6-15)21-11-17(10-20-22(21)26-30-25-20)16-3-2-4-18(9-16)23(28)13-29-14-23;1-23(2,28)18-6-4-5-16(11-18)17-12-20-22(26-29-25-20)21(13-17)27(3)14-15-7-9-19(24)10-8-15;1-14(27)16-4-3-5-17(10-16)18-11-20-22(25-28-24-20)21(12-18)26(2)13-15-6-8-19(23)9-7-15;1-25(12-13-5-7-17(22)8-6-13)19-11-15(10-18-20(19)24-26-23-18)14-3-2-4-16(21)9-14;1-19(8-9-2-4-11(16)5-3-9)13-7-10(15)6-12-14(13)18-20-17-12;4-3-1-5-2-3/h2-11,28H,12-14H2,1H3;4-13,28H,14H2,1-3H3;3-12H,13H2,1-2H3;2-11H,12H2,1H3;2-7H,8H2,1H3;1-2H2. The Morgan fingerprint density at radius 3 is 0.935 bits per heavy atom. The van der Waals surface area contributed by atoms with E-state index in [1.54, 1.807) is 87.5 Å². The van der Waals surface area contributed by atoms with Gasteiger partial charge in [-0.05, 0) is 307 Å². The van der Waals surface area contributed by atoms with Crippen LogP contribution in [0.3, 0.4) is 0 Å². The third-order valence-corrected chi connectivity index (χ3v) is 23.9. The van der Waals surface area contributed by atoms with Crippen LogP contribution in [0.4, 0.5) is 50.4 Å². The first-order valence-corrected chi connectivity index (χ1v) is 45.0. The molecular weight excluding hydrogens is 1900 g/mol. The summed E-state index contributed by atoms with van der Waals surface area (Å²) in [6, 6.07) is 82.9. The second-order valence-corrected chi connectivity index (χ2v) is 35.7. The van der Waals surface area contributed by atoms with Gasteiger partial charge in [-0.25, -0.2) is 45.1 Å². The number of hydrogen-bond acceptors (Lipinski definition) is 26. The first-order chi connectivity index (χ1) is 66.5. The number of Topliss-reactive ketones (excluding diaryl/α,β-unsaturated/α-hetero) is 2. The molecule has 21 rings (SSSR count). The molecule has 138 heavy (non-hydrogen) atoms. The van der Waals surface area contributed by atoms with Crippen molar-refractivity contribution in [1.29, 1.82) is 0 Å². The number of carbonyl (C=O) groups is 2. The van der Waals surface area contributed by atoms with Crippen molar-refractivity contribution in [2.75, 3.05) is 86.2 Å². The molecule has 0 spiro atoms. The summed E-state index contributed by atoms with van der Waals surface area (Å²) in [4.78, 5) is 31.7. The third kappa shape index (κ3) is 23.7. The number of nitrogens with zero attached hydrogens (tertiary/aromatic N) is 15. The van der Waals surface area contributed by atoms with Gasteiger partial charge in [0.2, 0.25) is 0 Å². The number of ketones is 2. The Balaban J connectivity index is 0.000000124. The van der Waals surface area contributed by atoms with Gasteiger partial charge in [0.1, 0.15) is 75.5 Å². The van der Waals surface area contributed by atoms with Crippen LogP contribution in [0.25, 0.3) is 99.7 Å². The SMILES string of the molecule is CC(=O)c1cccc(-c2cc(N(C)Cc3ccc(F)cc3)c3nonc3c2)c1.CN(Cc1ccc(F)cc1)c1cc(-c2cccc(Br)c2)cc2nonc12.CN(Cc1ccc(F)cc1)c1cc(-c2cccc(C(C)(C)O)c2)cc2nonc12.CN(Cc1ccc(F)cc1)c1cc(-c2cccc(C3(O)COC3)c2)cc2nonc12.CN(Cc1ccc(F)cc1)c1cc(Br)cc2nonc12.O=C1COC1. The van der Waals surface area contributed by atoms with Gasteiger partial charge in [-0.15, -0.1) is 0 Å². The molecule has 0 unspecified atom stereocenters. The lowest BCUT2D eigenvalue weighted by atomic mass is 9.89. The maximum absolute atomic E-state index is 13.2. The predicted molar refractivity (Wildman–Crippen MR) is 524 cm³/mol. The number of halogens is 7. The lowest BCUT2D eigenvalue weighted by Gasteiger charge is -2.36. The molecule has 0 aliphatic carbocycles. The van der Waals surface area contributed by atoms with Gasteiger partial charge < -0.3 is 44.2 Å². The van der Waals surface area contributed by atoms with Crippen molar-refractivity contribution in [3.05, 3.63) is 362 Å². The van der Waals surface area contributed by atoms with Crippen LogP contribution in [0.5, 0.6) is 0 Å². The van der Waals surface area contributed by atoms with Crippen LogP contribution in [0.1, 0.15) is 70.1 Å². The lowest BCUT2D eigenvalue weighted by molar-refractivity contribution is -0.184. The van der Waals surface area contributed by atoms with Crippen molar-refractivity contribution < 1.29 is 74.4 Å². The highest BCUT2D eigenvalue weighted by Crippen LogP contribution is 2.41. The quantitative estimate of drug-likeness (QED) is 0.0470. The molecule has 0 radical (unpaired) electrons. The summed E-state index contributed by atoms with van der Waals surface area (Å²) in [5.41, 5.74) is 24.1. The Kier molecular flexibility index (Phi) is 29.8. The van der Waals surface area contributed by atoms with Crippen LogP contribution >= 0.6 is 31.9 Å². The number of rotatable bonds is 22. The van der Waals surface area contributed by atoms with Crippen molar-refractivity contribution in [3.63, 3.8) is 0 Å². The molecule has 19 aromatic rings. The van der Waals surface area contributed by atoms with Crippen molar-refractivity contribution in [2.45, 2.75) is 64.7 Å². The van der Waals surface area contributed by atoms with Crippen LogP contribution in [-0.4, -0.2) is 135 Å². The van der Waals surface area contributed by atoms with E-state index in [1.807, 2.05) is 194 Å². The largest absolute Gasteiger partial charge is 0.386 e.